The molecule has 0 aliphatic carbocycles. The normalized spacial score (nSPS) is 18.9. The maximum atomic E-state index is 13.0. The van der Waals surface area contributed by atoms with Crippen LogP contribution in [-0.2, 0) is 0 Å². The number of nitrogens with two attached hydrogens (primary N) is 1. The lowest BCUT2D eigenvalue weighted by Crippen LogP contribution is -2.45. The summed E-state index contributed by atoms with van der Waals surface area (Å²) in [6.45, 7) is 3.49. The predicted octanol–water partition coefficient (Wildman–Crippen LogP) is 3.07. The number of ether oxygens (including phenoxy) is 1. The Morgan fingerprint density at radius 1 is 1.33 bits per heavy atom. The zero-order valence-corrected chi connectivity index (χ0v) is 13.9. The molecule has 1 amide bonds. The lowest BCUT2D eigenvalue weighted by Gasteiger charge is -2.34. The van der Waals surface area contributed by atoms with Gasteiger partial charge in [0.25, 0.3) is 5.91 Å². The standard InChI is InChI=1S/C19H23N3O2/c1-14(20)15-6-5-11-22(13-15)19(23)17-8-2-3-9-18(17)24-16-7-4-10-21-12-16/h2-4,7-10,12,14-15H,5-6,11,13,20H2,1H3/t14-,15-/m0/s1. The first-order valence-electron chi connectivity index (χ1n) is 8.37. The summed E-state index contributed by atoms with van der Waals surface area (Å²) < 4.78 is 5.86. The molecule has 2 N–H and O–H groups in total. The van der Waals surface area contributed by atoms with Crippen LogP contribution in [0.25, 0.3) is 0 Å². The van der Waals surface area contributed by atoms with Crippen LogP contribution in [0.2, 0.25) is 0 Å². The van der Waals surface area contributed by atoms with Gasteiger partial charge in [0.15, 0.2) is 0 Å². The number of amides is 1. The summed E-state index contributed by atoms with van der Waals surface area (Å²) in [5, 5.41) is 0. The van der Waals surface area contributed by atoms with Gasteiger partial charge in [0.05, 0.1) is 11.8 Å². The summed E-state index contributed by atoms with van der Waals surface area (Å²) in [6.07, 6.45) is 5.39. The van der Waals surface area contributed by atoms with Gasteiger partial charge in [-0.3, -0.25) is 9.78 Å². The van der Waals surface area contributed by atoms with Crippen molar-refractivity contribution in [3.8, 4) is 11.5 Å². The number of piperidine rings is 1. The van der Waals surface area contributed by atoms with E-state index in [9.17, 15) is 4.79 Å². The molecule has 1 saturated heterocycles. The number of benzene rings is 1. The van der Waals surface area contributed by atoms with Crippen LogP contribution in [-0.4, -0.2) is 34.9 Å². The Bertz CT molecular complexity index is 688. The van der Waals surface area contributed by atoms with Crippen molar-refractivity contribution >= 4 is 5.91 Å². The third-order valence-electron chi connectivity index (χ3n) is 4.47. The van der Waals surface area contributed by atoms with Gasteiger partial charge in [-0.15, -0.1) is 0 Å². The Kier molecular flexibility index (Phi) is 5.11. The highest BCUT2D eigenvalue weighted by Crippen LogP contribution is 2.27. The number of pyridine rings is 1. The average Bonchev–Trinajstić information content (AvgIpc) is 2.62. The smallest absolute Gasteiger partial charge is 0.257 e. The van der Waals surface area contributed by atoms with Gasteiger partial charge < -0.3 is 15.4 Å². The highest BCUT2D eigenvalue weighted by atomic mass is 16.5. The monoisotopic (exact) mass is 325 g/mol. The lowest BCUT2D eigenvalue weighted by atomic mass is 9.92. The van der Waals surface area contributed by atoms with Crippen LogP contribution in [0.5, 0.6) is 11.5 Å². The summed E-state index contributed by atoms with van der Waals surface area (Å²) in [5.74, 6) is 1.53. The van der Waals surface area contributed by atoms with Crippen molar-refractivity contribution in [3.63, 3.8) is 0 Å². The van der Waals surface area contributed by atoms with E-state index in [0.717, 1.165) is 19.4 Å². The largest absolute Gasteiger partial charge is 0.455 e. The average molecular weight is 325 g/mol. The number of nitrogens with zero attached hydrogens (tertiary/aromatic N) is 2. The molecular weight excluding hydrogens is 302 g/mol. The molecule has 0 saturated carbocycles. The van der Waals surface area contributed by atoms with Crippen LogP contribution in [0.15, 0.2) is 48.8 Å². The summed E-state index contributed by atoms with van der Waals surface area (Å²) in [7, 11) is 0. The molecule has 2 heterocycles. The van der Waals surface area contributed by atoms with E-state index >= 15 is 0 Å². The van der Waals surface area contributed by atoms with E-state index in [1.807, 2.05) is 42.2 Å². The molecule has 1 aliphatic heterocycles. The fourth-order valence-electron chi connectivity index (χ4n) is 3.06. The van der Waals surface area contributed by atoms with Gasteiger partial charge in [0.2, 0.25) is 0 Å². The molecule has 1 aromatic heterocycles. The van der Waals surface area contributed by atoms with E-state index in [4.69, 9.17) is 10.5 Å². The first-order valence-corrected chi connectivity index (χ1v) is 8.37. The fourth-order valence-corrected chi connectivity index (χ4v) is 3.06. The van der Waals surface area contributed by atoms with Crippen LogP contribution < -0.4 is 10.5 Å². The molecule has 1 aromatic carbocycles. The number of para-hydroxylation sites is 1. The van der Waals surface area contributed by atoms with Crippen molar-refractivity contribution < 1.29 is 9.53 Å². The van der Waals surface area contributed by atoms with Gasteiger partial charge in [0.1, 0.15) is 11.5 Å². The van der Waals surface area contributed by atoms with Crippen LogP contribution in [0, 0.1) is 5.92 Å². The molecule has 0 radical (unpaired) electrons. The Hall–Kier alpha value is -2.40. The van der Waals surface area contributed by atoms with Gasteiger partial charge in [0, 0.05) is 25.3 Å². The van der Waals surface area contributed by atoms with E-state index in [2.05, 4.69) is 4.98 Å². The Morgan fingerprint density at radius 3 is 2.92 bits per heavy atom. The molecule has 5 heteroatoms. The number of carbonyl (C=O) groups is 1. The highest BCUT2D eigenvalue weighted by molar-refractivity contribution is 5.97. The Morgan fingerprint density at radius 2 is 2.17 bits per heavy atom. The van der Waals surface area contributed by atoms with Gasteiger partial charge >= 0.3 is 0 Å². The third kappa shape index (κ3) is 3.74. The van der Waals surface area contributed by atoms with E-state index in [1.165, 1.54) is 0 Å². The summed E-state index contributed by atoms with van der Waals surface area (Å²) in [6, 6.07) is 11.1. The Balaban J connectivity index is 1.80. The first-order chi connectivity index (χ1) is 11.6. The zero-order valence-electron chi connectivity index (χ0n) is 13.9. The van der Waals surface area contributed by atoms with Crippen molar-refractivity contribution in [2.75, 3.05) is 13.1 Å². The summed E-state index contributed by atoms with van der Waals surface area (Å²) in [4.78, 5) is 18.9. The van der Waals surface area contributed by atoms with Crippen molar-refractivity contribution in [2.45, 2.75) is 25.8 Å². The molecule has 2 atom stereocenters. The highest BCUT2D eigenvalue weighted by Gasteiger charge is 2.27. The molecular formula is C19H23N3O2. The minimum atomic E-state index is -0.000148. The van der Waals surface area contributed by atoms with E-state index in [-0.39, 0.29) is 11.9 Å². The number of rotatable bonds is 4. The second-order valence-electron chi connectivity index (χ2n) is 6.30. The quantitative estimate of drug-likeness (QED) is 0.938. The molecule has 5 nitrogen and oxygen atoms in total. The minimum absolute atomic E-state index is 0.000148. The second-order valence-corrected chi connectivity index (χ2v) is 6.30. The van der Waals surface area contributed by atoms with Crippen LogP contribution >= 0.6 is 0 Å². The molecule has 0 unspecified atom stereocenters. The predicted molar refractivity (Wildman–Crippen MR) is 93.0 cm³/mol. The van der Waals surface area contributed by atoms with Crippen molar-refractivity contribution in [1.82, 2.24) is 9.88 Å². The fraction of sp³-hybridized carbons (Fsp3) is 0.368. The van der Waals surface area contributed by atoms with E-state index < -0.39 is 0 Å². The first kappa shape index (κ1) is 16.5. The van der Waals surface area contributed by atoms with E-state index in [1.54, 1.807) is 18.5 Å². The topological polar surface area (TPSA) is 68.5 Å². The van der Waals surface area contributed by atoms with Crippen molar-refractivity contribution in [2.24, 2.45) is 11.7 Å². The molecule has 0 bridgehead atoms. The number of likely N-dealkylation sites (tertiary alicyclic amines) is 1. The van der Waals surface area contributed by atoms with Gasteiger partial charge in [-0.05, 0) is 49.9 Å². The maximum absolute atomic E-state index is 13.0. The minimum Gasteiger partial charge on any atom is -0.455 e. The summed E-state index contributed by atoms with van der Waals surface area (Å²) in [5.41, 5.74) is 6.61. The molecule has 1 fully saturated rings. The number of aromatic nitrogens is 1. The van der Waals surface area contributed by atoms with Crippen molar-refractivity contribution in [3.05, 3.63) is 54.4 Å². The molecule has 1 aliphatic rings. The van der Waals surface area contributed by atoms with Crippen LogP contribution in [0.3, 0.4) is 0 Å². The molecule has 24 heavy (non-hydrogen) atoms. The third-order valence-corrected chi connectivity index (χ3v) is 4.47. The molecule has 2 aromatic rings. The Labute approximate surface area is 142 Å². The lowest BCUT2D eigenvalue weighted by molar-refractivity contribution is 0.0658. The van der Waals surface area contributed by atoms with Gasteiger partial charge in [-0.25, -0.2) is 0 Å². The second kappa shape index (κ2) is 7.45. The number of hydrogen-bond donors (Lipinski definition) is 1. The van der Waals surface area contributed by atoms with Crippen molar-refractivity contribution in [1.29, 1.82) is 0 Å². The van der Waals surface area contributed by atoms with Crippen LogP contribution in [0.1, 0.15) is 30.1 Å². The molecule has 126 valence electrons. The summed E-state index contributed by atoms with van der Waals surface area (Å²) >= 11 is 0. The molecule has 3 rings (SSSR count). The maximum Gasteiger partial charge on any atom is 0.257 e. The number of carbonyl (C=O) groups excluding carboxylic acids is 1. The number of hydrogen-bond acceptors (Lipinski definition) is 4. The zero-order chi connectivity index (χ0) is 16.9. The van der Waals surface area contributed by atoms with Gasteiger partial charge in [-0.1, -0.05) is 12.1 Å². The van der Waals surface area contributed by atoms with E-state index in [0.29, 0.717) is 29.5 Å². The molecule has 0 spiro atoms. The SMILES string of the molecule is C[C@H](N)[C@H]1CCCN(C(=O)c2ccccc2Oc2cccnc2)C1. The van der Waals surface area contributed by atoms with Crippen LogP contribution in [0.4, 0.5) is 0 Å². The van der Waals surface area contributed by atoms with Gasteiger partial charge in [-0.2, -0.15) is 0 Å².